The first-order chi connectivity index (χ1) is 13.7. The summed E-state index contributed by atoms with van der Waals surface area (Å²) in [7, 11) is 0. The van der Waals surface area contributed by atoms with Crippen molar-refractivity contribution < 1.29 is 5.11 Å². The van der Waals surface area contributed by atoms with Crippen molar-refractivity contribution in [2.24, 2.45) is 5.73 Å². The minimum absolute atomic E-state index is 0.148. The highest BCUT2D eigenvalue weighted by Gasteiger charge is 2.17. The van der Waals surface area contributed by atoms with Crippen LogP contribution in [0.5, 0.6) is 5.88 Å². The van der Waals surface area contributed by atoms with Gasteiger partial charge in [0.05, 0.1) is 17.0 Å². The second-order valence-electron chi connectivity index (χ2n) is 7.20. The van der Waals surface area contributed by atoms with Crippen LogP contribution in [-0.2, 0) is 13.0 Å². The maximum Gasteiger partial charge on any atom is 0.199 e. The Bertz CT molecular complexity index is 1220. The van der Waals surface area contributed by atoms with Crippen LogP contribution in [0, 0.1) is 0 Å². The molecule has 2 heterocycles. The first-order valence-corrected chi connectivity index (χ1v) is 9.54. The number of fused-ring (bicyclic) bond motifs is 2. The molecular formula is C24H21N3O. The average molecular weight is 367 g/mol. The third-order valence-corrected chi connectivity index (χ3v) is 5.40. The highest BCUT2D eigenvalue weighted by molar-refractivity contribution is 6.00. The SMILES string of the molecule is NCc1cccc(-c2ccc3[nH]c(O)c(-c4ccc5c(n4)C=CCC5)c3c2)c1. The normalized spacial score (nSPS) is 13.0. The topological polar surface area (TPSA) is 74.9 Å². The van der Waals surface area contributed by atoms with E-state index in [1.807, 2.05) is 24.3 Å². The lowest BCUT2D eigenvalue weighted by atomic mass is 9.98. The van der Waals surface area contributed by atoms with Crippen LogP contribution in [0.3, 0.4) is 0 Å². The summed E-state index contributed by atoms with van der Waals surface area (Å²) in [6, 6.07) is 18.5. The zero-order valence-electron chi connectivity index (χ0n) is 15.4. The molecule has 0 bridgehead atoms. The number of hydrogen-bond acceptors (Lipinski definition) is 3. The van der Waals surface area contributed by atoms with Gasteiger partial charge in [-0.05, 0) is 65.4 Å². The molecule has 0 fully saturated rings. The molecule has 5 rings (SSSR count). The number of pyridine rings is 1. The largest absolute Gasteiger partial charge is 0.494 e. The lowest BCUT2D eigenvalue weighted by molar-refractivity contribution is 0.460. The van der Waals surface area contributed by atoms with Crippen molar-refractivity contribution in [3.05, 3.63) is 77.5 Å². The summed E-state index contributed by atoms with van der Waals surface area (Å²) in [6.07, 6.45) is 6.28. The van der Waals surface area contributed by atoms with E-state index in [1.165, 1.54) is 5.56 Å². The summed E-state index contributed by atoms with van der Waals surface area (Å²) in [4.78, 5) is 7.90. The predicted molar refractivity (Wildman–Crippen MR) is 114 cm³/mol. The Labute approximate surface area is 163 Å². The number of aromatic nitrogens is 2. The summed E-state index contributed by atoms with van der Waals surface area (Å²) < 4.78 is 0. The van der Waals surface area contributed by atoms with E-state index < -0.39 is 0 Å². The van der Waals surface area contributed by atoms with E-state index in [1.54, 1.807) is 0 Å². The highest BCUT2D eigenvalue weighted by Crippen LogP contribution is 2.38. The van der Waals surface area contributed by atoms with Crippen molar-refractivity contribution in [3.8, 4) is 28.3 Å². The van der Waals surface area contributed by atoms with Gasteiger partial charge in [-0.2, -0.15) is 0 Å². The van der Waals surface area contributed by atoms with Gasteiger partial charge in [-0.1, -0.05) is 36.4 Å². The summed E-state index contributed by atoms with van der Waals surface area (Å²) in [5.41, 5.74) is 13.7. The molecule has 138 valence electrons. The lowest BCUT2D eigenvalue weighted by Crippen LogP contribution is -1.98. The zero-order chi connectivity index (χ0) is 19.1. The number of allylic oxidation sites excluding steroid dienone is 1. The number of aryl methyl sites for hydroxylation is 1. The van der Waals surface area contributed by atoms with Crippen molar-refractivity contribution in [1.29, 1.82) is 0 Å². The molecule has 4 nitrogen and oxygen atoms in total. The van der Waals surface area contributed by atoms with Crippen LogP contribution >= 0.6 is 0 Å². The molecule has 4 aromatic rings. The molecule has 4 heteroatoms. The fraction of sp³-hybridized carbons (Fsp3) is 0.125. The molecular weight excluding hydrogens is 346 g/mol. The van der Waals surface area contributed by atoms with E-state index >= 15 is 0 Å². The van der Waals surface area contributed by atoms with E-state index in [-0.39, 0.29) is 5.88 Å². The molecule has 0 amide bonds. The van der Waals surface area contributed by atoms with Gasteiger partial charge >= 0.3 is 0 Å². The molecule has 0 radical (unpaired) electrons. The Morgan fingerprint density at radius 1 is 1.04 bits per heavy atom. The number of rotatable bonds is 3. The smallest absolute Gasteiger partial charge is 0.199 e. The van der Waals surface area contributed by atoms with Crippen LogP contribution in [-0.4, -0.2) is 15.1 Å². The molecule has 0 unspecified atom stereocenters. The number of aromatic hydroxyl groups is 1. The van der Waals surface area contributed by atoms with Crippen molar-refractivity contribution in [3.63, 3.8) is 0 Å². The average Bonchev–Trinajstić information content (AvgIpc) is 3.08. The molecule has 4 N–H and O–H groups in total. The Morgan fingerprint density at radius 3 is 2.82 bits per heavy atom. The van der Waals surface area contributed by atoms with E-state index in [0.29, 0.717) is 6.54 Å². The highest BCUT2D eigenvalue weighted by atomic mass is 16.3. The van der Waals surface area contributed by atoms with E-state index in [9.17, 15) is 5.11 Å². The van der Waals surface area contributed by atoms with Crippen LogP contribution in [0.4, 0.5) is 0 Å². The number of nitrogens with two attached hydrogens (primary N) is 1. The summed E-state index contributed by atoms with van der Waals surface area (Å²) in [6.45, 7) is 0.513. The third kappa shape index (κ3) is 2.79. The third-order valence-electron chi connectivity index (χ3n) is 5.40. The van der Waals surface area contributed by atoms with Gasteiger partial charge in [-0.15, -0.1) is 0 Å². The van der Waals surface area contributed by atoms with Crippen LogP contribution in [0.15, 0.2) is 60.7 Å². The molecule has 1 aliphatic rings. The number of nitrogens with one attached hydrogen (secondary N) is 1. The Morgan fingerprint density at radius 2 is 1.93 bits per heavy atom. The zero-order valence-corrected chi connectivity index (χ0v) is 15.4. The molecule has 0 spiro atoms. The number of aromatic amines is 1. The molecule has 1 aliphatic carbocycles. The van der Waals surface area contributed by atoms with Crippen LogP contribution in [0.2, 0.25) is 0 Å². The molecule has 0 atom stereocenters. The molecule has 2 aromatic heterocycles. The fourth-order valence-corrected chi connectivity index (χ4v) is 3.93. The van der Waals surface area contributed by atoms with Crippen LogP contribution in [0.25, 0.3) is 39.4 Å². The first kappa shape index (κ1) is 16.8. The monoisotopic (exact) mass is 367 g/mol. The Hall–Kier alpha value is -3.37. The quantitative estimate of drug-likeness (QED) is 0.476. The molecule has 0 aliphatic heterocycles. The van der Waals surface area contributed by atoms with Crippen molar-refractivity contribution in [2.45, 2.75) is 19.4 Å². The predicted octanol–water partition coefficient (Wildman–Crippen LogP) is 5.02. The van der Waals surface area contributed by atoms with Gasteiger partial charge in [0.15, 0.2) is 5.88 Å². The second kappa shape index (κ2) is 6.66. The number of benzene rings is 2. The van der Waals surface area contributed by atoms with Crippen LogP contribution < -0.4 is 5.73 Å². The summed E-state index contributed by atoms with van der Waals surface area (Å²) >= 11 is 0. The Kier molecular flexibility index (Phi) is 3.99. The lowest BCUT2D eigenvalue weighted by Gasteiger charge is -2.11. The van der Waals surface area contributed by atoms with Gasteiger partial charge in [0, 0.05) is 17.4 Å². The van der Waals surface area contributed by atoms with Gasteiger partial charge < -0.3 is 15.8 Å². The first-order valence-electron chi connectivity index (χ1n) is 9.54. The van der Waals surface area contributed by atoms with Gasteiger partial charge in [0.25, 0.3) is 0 Å². The number of nitrogens with zero attached hydrogens (tertiary/aromatic N) is 1. The minimum Gasteiger partial charge on any atom is -0.494 e. The standard InChI is InChI=1S/C24H21N3O/c25-14-15-4-3-6-17(12-15)18-9-10-21-19(13-18)23(24(28)27-21)22-11-8-16-5-1-2-7-20(16)26-22/h2-4,6-13,27-28H,1,5,14,25H2. The molecule has 0 saturated carbocycles. The molecule has 28 heavy (non-hydrogen) atoms. The second-order valence-corrected chi connectivity index (χ2v) is 7.20. The van der Waals surface area contributed by atoms with Crippen molar-refractivity contribution >= 4 is 17.0 Å². The van der Waals surface area contributed by atoms with Crippen LogP contribution in [0.1, 0.15) is 23.2 Å². The fourth-order valence-electron chi connectivity index (χ4n) is 3.93. The number of hydrogen-bond donors (Lipinski definition) is 3. The van der Waals surface area contributed by atoms with E-state index in [2.05, 4.69) is 47.5 Å². The number of H-pyrrole nitrogens is 1. The maximum absolute atomic E-state index is 10.6. The van der Waals surface area contributed by atoms with Gasteiger partial charge in [-0.3, -0.25) is 0 Å². The van der Waals surface area contributed by atoms with E-state index in [4.69, 9.17) is 10.7 Å². The van der Waals surface area contributed by atoms with Gasteiger partial charge in [0.2, 0.25) is 0 Å². The van der Waals surface area contributed by atoms with Gasteiger partial charge in [0.1, 0.15) is 0 Å². The van der Waals surface area contributed by atoms with Crippen molar-refractivity contribution in [2.75, 3.05) is 0 Å². The van der Waals surface area contributed by atoms with Crippen molar-refractivity contribution in [1.82, 2.24) is 9.97 Å². The Balaban J connectivity index is 1.67. The molecule has 0 saturated heterocycles. The van der Waals surface area contributed by atoms with E-state index in [0.717, 1.165) is 57.4 Å². The molecule has 2 aromatic carbocycles. The summed E-state index contributed by atoms with van der Waals surface area (Å²) in [5.74, 6) is 0.148. The van der Waals surface area contributed by atoms with Gasteiger partial charge in [-0.25, -0.2) is 4.98 Å². The minimum atomic E-state index is 0.148. The maximum atomic E-state index is 10.6. The summed E-state index contributed by atoms with van der Waals surface area (Å²) in [5, 5.41) is 11.6.